The Morgan fingerprint density at radius 2 is 1.92 bits per heavy atom. The number of amides is 2. The summed E-state index contributed by atoms with van der Waals surface area (Å²) in [5.41, 5.74) is 6.01. The molecule has 0 heterocycles. The average molecular weight is 373 g/mol. The first kappa shape index (κ1) is 21.6. The number of rotatable bonds is 10. The molecule has 0 aromatic heterocycles. The van der Waals surface area contributed by atoms with Crippen molar-refractivity contribution in [2.75, 3.05) is 13.2 Å². The van der Waals surface area contributed by atoms with Gasteiger partial charge in [-0.05, 0) is 18.9 Å². The third-order valence-corrected chi connectivity index (χ3v) is 3.49. The number of ether oxygens (including phenoxy) is 2. The number of alkyl halides is 2. The summed E-state index contributed by atoms with van der Waals surface area (Å²) in [5, 5.41) is 4.96. The predicted octanol–water partition coefficient (Wildman–Crippen LogP) is 1.40. The zero-order valence-corrected chi connectivity index (χ0v) is 15.1. The van der Waals surface area contributed by atoms with Crippen LogP contribution in [0.3, 0.4) is 0 Å². The smallest absolute Gasteiger partial charge is 0.387 e. The lowest BCUT2D eigenvalue weighted by atomic mass is 10.1. The first-order chi connectivity index (χ1) is 12.3. The minimum atomic E-state index is -3.03. The summed E-state index contributed by atoms with van der Waals surface area (Å²) in [6.45, 7) is 2.22. The fourth-order valence-corrected chi connectivity index (χ4v) is 2.04. The van der Waals surface area contributed by atoms with Crippen LogP contribution in [0.25, 0.3) is 0 Å². The van der Waals surface area contributed by atoms with Crippen LogP contribution >= 0.6 is 0 Å². The van der Waals surface area contributed by atoms with Crippen LogP contribution < -0.4 is 25.8 Å². The normalized spacial score (nSPS) is 12.0. The van der Waals surface area contributed by atoms with Gasteiger partial charge >= 0.3 is 6.61 Å². The highest BCUT2D eigenvalue weighted by atomic mass is 19.3. The van der Waals surface area contributed by atoms with Gasteiger partial charge in [0.25, 0.3) is 0 Å². The van der Waals surface area contributed by atoms with E-state index in [4.69, 9.17) is 10.5 Å². The van der Waals surface area contributed by atoms with Gasteiger partial charge in [-0.25, -0.2) is 0 Å². The Labute approximate surface area is 151 Å². The highest BCUT2D eigenvalue weighted by molar-refractivity contribution is 5.87. The van der Waals surface area contributed by atoms with Crippen molar-refractivity contribution in [3.8, 4) is 11.5 Å². The molecule has 7 nitrogen and oxygen atoms in total. The number of halogens is 2. The summed E-state index contributed by atoms with van der Waals surface area (Å²) in [6, 6.07) is 3.93. The van der Waals surface area contributed by atoms with Crippen LogP contribution in [0.2, 0.25) is 0 Å². The molecule has 146 valence electrons. The van der Waals surface area contributed by atoms with Gasteiger partial charge in [-0.1, -0.05) is 26.0 Å². The van der Waals surface area contributed by atoms with Gasteiger partial charge in [0, 0.05) is 12.1 Å². The molecule has 26 heavy (non-hydrogen) atoms. The van der Waals surface area contributed by atoms with Crippen LogP contribution in [-0.4, -0.2) is 37.6 Å². The van der Waals surface area contributed by atoms with Gasteiger partial charge in [0.05, 0.1) is 19.2 Å². The Bertz CT molecular complexity index is 612. The summed E-state index contributed by atoms with van der Waals surface area (Å²) < 4.78 is 35.1. The second-order valence-electron chi connectivity index (χ2n) is 5.82. The molecule has 0 aliphatic heterocycles. The van der Waals surface area contributed by atoms with Gasteiger partial charge in [0.2, 0.25) is 11.8 Å². The van der Waals surface area contributed by atoms with Crippen LogP contribution in [0, 0.1) is 5.92 Å². The van der Waals surface area contributed by atoms with Gasteiger partial charge in [0.15, 0.2) is 11.5 Å². The molecule has 1 aromatic carbocycles. The third-order valence-electron chi connectivity index (χ3n) is 3.49. The van der Waals surface area contributed by atoms with Crippen molar-refractivity contribution in [2.24, 2.45) is 11.7 Å². The lowest BCUT2D eigenvalue weighted by Gasteiger charge is -2.17. The highest BCUT2D eigenvalue weighted by Gasteiger charge is 2.19. The molecule has 0 unspecified atom stereocenters. The van der Waals surface area contributed by atoms with E-state index in [-0.39, 0.29) is 37.1 Å². The first-order valence-corrected chi connectivity index (χ1v) is 8.25. The predicted molar refractivity (Wildman–Crippen MR) is 91.9 cm³/mol. The van der Waals surface area contributed by atoms with Crippen LogP contribution in [0.4, 0.5) is 8.78 Å². The zero-order valence-electron chi connectivity index (χ0n) is 15.1. The van der Waals surface area contributed by atoms with E-state index in [1.165, 1.54) is 12.1 Å². The van der Waals surface area contributed by atoms with Crippen molar-refractivity contribution in [3.05, 3.63) is 23.8 Å². The van der Waals surface area contributed by atoms with Gasteiger partial charge in [-0.3, -0.25) is 9.59 Å². The van der Waals surface area contributed by atoms with Crippen LogP contribution in [0.15, 0.2) is 18.2 Å². The third kappa shape index (κ3) is 6.83. The molecular weight excluding hydrogens is 348 g/mol. The van der Waals surface area contributed by atoms with Crippen LogP contribution in [0.1, 0.15) is 26.3 Å². The van der Waals surface area contributed by atoms with Gasteiger partial charge in [0.1, 0.15) is 0 Å². The molecule has 0 aliphatic rings. The molecule has 1 rings (SSSR count). The maximum atomic E-state index is 12.6. The number of hydrogen-bond acceptors (Lipinski definition) is 5. The van der Waals surface area contributed by atoms with Crippen LogP contribution in [0.5, 0.6) is 11.5 Å². The summed E-state index contributed by atoms with van der Waals surface area (Å²) in [7, 11) is 0. The van der Waals surface area contributed by atoms with E-state index in [9.17, 15) is 18.4 Å². The minimum Gasteiger partial charge on any atom is -0.490 e. The van der Waals surface area contributed by atoms with Gasteiger partial charge < -0.3 is 25.8 Å². The van der Waals surface area contributed by atoms with Crippen molar-refractivity contribution < 1.29 is 27.8 Å². The number of para-hydroxylation sites is 1. The Kier molecular flexibility index (Phi) is 8.77. The fraction of sp³-hybridized carbons (Fsp3) is 0.529. The Morgan fingerprint density at radius 3 is 2.50 bits per heavy atom. The molecule has 0 fully saturated rings. The summed E-state index contributed by atoms with van der Waals surface area (Å²) in [6.07, 6.45) is 0. The fourth-order valence-electron chi connectivity index (χ4n) is 2.04. The van der Waals surface area contributed by atoms with Crippen molar-refractivity contribution in [1.29, 1.82) is 0 Å². The molecule has 4 N–H and O–H groups in total. The molecule has 0 saturated heterocycles. The maximum Gasteiger partial charge on any atom is 0.387 e. The molecule has 1 atom stereocenters. The summed E-state index contributed by atoms with van der Waals surface area (Å²) >= 11 is 0. The lowest BCUT2D eigenvalue weighted by Crippen LogP contribution is -2.47. The SMILES string of the molecule is CCOc1cccc(CNC(=O)CNC(=O)[C@@H](N)C(C)C)c1OC(F)F. The molecular formula is C17H25F2N3O4. The van der Waals surface area contributed by atoms with Crippen LogP contribution in [-0.2, 0) is 16.1 Å². The van der Waals surface area contributed by atoms with E-state index in [2.05, 4.69) is 15.4 Å². The van der Waals surface area contributed by atoms with E-state index < -0.39 is 24.5 Å². The van der Waals surface area contributed by atoms with Crippen molar-refractivity contribution >= 4 is 11.8 Å². The largest absolute Gasteiger partial charge is 0.490 e. The molecule has 0 aliphatic carbocycles. The monoisotopic (exact) mass is 373 g/mol. The lowest BCUT2D eigenvalue weighted by molar-refractivity contribution is -0.127. The number of hydrogen-bond donors (Lipinski definition) is 3. The van der Waals surface area contributed by atoms with Crippen molar-refractivity contribution in [1.82, 2.24) is 10.6 Å². The zero-order chi connectivity index (χ0) is 19.7. The quantitative estimate of drug-likeness (QED) is 0.575. The van der Waals surface area contributed by atoms with Gasteiger partial charge in [-0.2, -0.15) is 8.78 Å². The Morgan fingerprint density at radius 1 is 1.23 bits per heavy atom. The molecule has 0 saturated carbocycles. The maximum absolute atomic E-state index is 12.6. The summed E-state index contributed by atoms with van der Waals surface area (Å²) in [5.74, 6) is -0.950. The number of nitrogens with two attached hydrogens (primary N) is 1. The first-order valence-electron chi connectivity index (χ1n) is 8.25. The highest BCUT2D eigenvalue weighted by Crippen LogP contribution is 2.32. The number of benzene rings is 1. The second kappa shape index (κ2) is 10.5. The Hall–Kier alpha value is -2.42. The van der Waals surface area contributed by atoms with E-state index in [0.717, 1.165) is 0 Å². The van der Waals surface area contributed by atoms with E-state index in [1.54, 1.807) is 26.8 Å². The number of carbonyl (C=O) groups excluding carboxylic acids is 2. The minimum absolute atomic E-state index is 0.0616. The van der Waals surface area contributed by atoms with Crippen molar-refractivity contribution in [3.63, 3.8) is 0 Å². The molecule has 2 amide bonds. The van der Waals surface area contributed by atoms with E-state index in [0.29, 0.717) is 5.56 Å². The molecule has 0 bridgehead atoms. The average Bonchev–Trinajstić information content (AvgIpc) is 2.58. The standard InChI is InChI=1S/C17H25F2N3O4/c1-4-25-12-7-5-6-11(15(12)26-17(18)19)8-21-13(23)9-22-16(24)14(20)10(2)3/h5-7,10,14,17H,4,8-9,20H2,1-3H3,(H,21,23)(H,22,24)/t14-/m0/s1. The molecule has 1 aromatic rings. The van der Waals surface area contributed by atoms with Crippen molar-refractivity contribution in [2.45, 2.75) is 40.0 Å². The number of carbonyl (C=O) groups is 2. The Balaban J connectivity index is 2.67. The summed E-state index contributed by atoms with van der Waals surface area (Å²) in [4.78, 5) is 23.6. The van der Waals surface area contributed by atoms with Gasteiger partial charge in [-0.15, -0.1) is 0 Å². The molecule has 0 spiro atoms. The topological polar surface area (TPSA) is 103 Å². The molecule has 0 radical (unpaired) electrons. The van der Waals surface area contributed by atoms with E-state index in [1.807, 2.05) is 0 Å². The second-order valence-corrected chi connectivity index (χ2v) is 5.82. The number of nitrogens with one attached hydrogen (secondary N) is 2. The molecule has 9 heteroatoms. The van der Waals surface area contributed by atoms with E-state index >= 15 is 0 Å².